The maximum absolute atomic E-state index is 12.6. The highest BCUT2D eigenvalue weighted by atomic mass is 35.5. The number of aryl methyl sites for hydroxylation is 2. The number of carbonyl (C=O) groups excluding carboxylic acids is 1. The highest BCUT2D eigenvalue weighted by Crippen LogP contribution is 2.21. The van der Waals surface area contributed by atoms with Crippen LogP contribution in [0.25, 0.3) is 0 Å². The predicted octanol–water partition coefficient (Wildman–Crippen LogP) is 2.68. The third-order valence-corrected chi connectivity index (χ3v) is 3.78. The summed E-state index contributed by atoms with van der Waals surface area (Å²) < 4.78 is 0. The summed E-state index contributed by atoms with van der Waals surface area (Å²) in [6, 6.07) is 6.26. The van der Waals surface area contributed by atoms with E-state index in [0.29, 0.717) is 6.54 Å². The molecule has 1 aliphatic rings. The van der Waals surface area contributed by atoms with Gasteiger partial charge in [-0.2, -0.15) is 0 Å². The molecule has 2 N–H and O–H groups in total. The van der Waals surface area contributed by atoms with E-state index in [1.807, 2.05) is 36.9 Å². The molecular formula is C15H23ClN2O. The van der Waals surface area contributed by atoms with Crippen LogP contribution in [0.3, 0.4) is 0 Å². The van der Waals surface area contributed by atoms with Crippen molar-refractivity contribution in [2.24, 2.45) is 5.73 Å². The molecular weight excluding hydrogens is 260 g/mol. The van der Waals surface area contributed by atoms with E-state index in [0.717, 1.165) is 36.1 Å². The zero-order valence-electron chi connectivity index (χ0n) is 11.7. The average molecular weight is 283 g/mol. The average Bonchev–Trinajstić information content (AvgIpc) is 2.40. The molecule has 1 unspecified atom stereocenters. The fourth-order valence-electron chi connectivity index (χ4n) is 2.63. The summed E-state index contributed by atoms with van der Waals surface area (Å²) in [4.78, 5) is 14.6. The smallest absolute Gasteiger partial charge is 0.254 e. The lowest BCUT2D eigenvalue weighted by Gasteiger charge is -2.35. The van der Waals surface area contributed by atoms with Gasteiger partial charge in [-0.1, -0.05) is 17.7 Å². The summed E-state index contributed by atoms with van der Waals surface area (Å²) in [5.74, 6) is 0.145. The van der Waals surface area contributed by atoms with Crippen LogP contribution in [0, 0.1) is 13.8 Å². The van der Waals surface area contributed by atoms with Crippen LogP contribution in [-0.2, 0) is 0 Å². The molecule has 1 atom stereocenters. The SMILES string of the molecule is Cc1ccc(C)c(C(=O)N2CCCCC2CN)c1.Cl. The number of carbonyl (C=O) groups is 1. The minimum Gasteiger partial charge on any atom is -0.334 e. The molecule has 1 saturated heterocycles. The van der Waals surface area contributed by atoms with E-state index in [4.69, 9.17) is 5.73 Å². The number of nitrogens with two attached hydrogens (primary N) is 1. The first-order chi connectivity index (χ1) is 8.63. The van der Waals surface area contributed by atoms with E-state index in [-0.39, 0.29) is 24.4 Å². The molecule has 1 aromatic rings. The number of hydrogen-bond donors (Lipinski definition) is 1. The Bertz CT molecular complexity index is 448. The first-order valence-corrected chi connectivity index (χ1v) is 6.71. The molecule has 1 heterocycles. The van der Waals surface area contributed by atoms with E-state index in [2.05, 4.69) is 0 Å². The fourth-order valence-corrected chi connectivity index (χ4v) is 2.63. The molecule has 1 aliphatic heterocycles. The highest BCUT2D eigenvalue weighted by molar-refractivity contribution is 5.96. The van der Waals surface area contributed by atoms with Crippen molar-refractivity contribution in [2.45, 2.75) is 39.2 Å². The van der Waals surface area contributed by atoms with Gasteiger partial charge in [0, 0.05) is 24.7 Å². The second-order valence-corrected chi connectivity index (χ2v) is 5.20. The van der Waals surface area contributed by atoms with Crippen molar-refractivity contribution in [3.63, 3.8) is 0 Å². The Morgan fingerprint density at radius 2 is 2.11 bits per heavy atom. The number of likely N-dealkylation sites (tertiary alicyclic amines) is 1. The van der Waals surface area contributed by atoms with E-state index in [9.17, 15) is 4.79 Å². The number of halogens is 1. The number of nitrogens with zero attached hydrogens (tertiary/aromatic N) is 1. The minimum atomic E-state index is 0. The molecule has 1 amide bonds. The predicted molar refractivity (Wildman–Crippen MR) is 80.9 cm³/mol. The number of amides is 1. The number of piperidine rings is 1. The van der Waals surface area contributed by atoms with Crippen molar-refractivity contribution < 1.29 is 4.79 Å². The van der Waals surface area contributed by atoms with Crippen molar-refractivity contribution >= 4 is 18.3 Å². The van der Waals surface area contributed by atoms with Gasteiger partial charge in [-0.05, 0) is 44.7 Å². The number of hydrogen-bond acceptors (Lipinski definition) is 2. The monoisotopic (exact) mass is 282 g/mol. The van der Waals surface area contributed by atoms with Crippen LogP contribution in [0.5, 0.6) is 0 Å². The number of rotatable bonds is 2. The van der Waals surface area contributed by atoms with Gasteiger partial charge in [0.2, 0.25) is 0 Å². The molecule has 3 nitrogen and oxygen atoms in total. The van der Waals surface area contributed by atoms with Gasteiger partial charge >= 0.3 is 0 Å². The Morgan fingerprint density at radius 1 is 1.37 bits per heavy atom. The van der Waals surface area contributed by atoms with Crippen LogP contribution < -0.4 is 5.73 Å². The molecule has 0 aromatic heterocycles. The molecule has 1 aromatic carbocycles. The van der Waals surface area contributed by atoms with Crippen LogP contribution >= 0.6 is 12.4 Å². The quantitative estimate of drug-likeness (QED) is 0.906. The van der Waals surface area contributed by atoms with Gasteiger partial charge in [0.15, 0.2) is 0 Å². The summed E-state index contributed by atoms with van der Waals surface area (Å²) in [7, 11) is 0. The van der Waals surface area contributed by atoms with Crippen LogP contribution in [0.15, 0.2) is 18.2 Å². The Labute approximate surface area is 121 Å². The second-order valence-electron chi connectivity index (χ2n) is 5.20. The molecule has 106 valence electrons. The summed E-state index contributed by atoms with van der Waals surface area (Å²) in [6.07, 6.45) is 3.30. The Hall–Kier alpha value is -1.06. The Balaban J connectivity index is 0.00000180. The maximum atomic E-state index is 12.6. The van der Waals surface area contributed by atoms with Crippen LogP contribution in [0.4, 0.5) is 0 Å². The van der Waals surface area contributed by atoms with Gasteiger partial charge in [0.1, 0.15) is 0 Å². The van der Waals surface area contributed by atoms with Gasteiger partial charge in [-0.15, -0.1) is 12.4 Å². The van der Waals surface area contributed by atoms with E-state index in [1.165, 1.54) is 6.42 Å². The van der Waals surface area contributed by atoms with Crippen molar-refractivity contribution in [1.82, 2.24) is 4.90 Å². The molecule has 0 spiro atoms. The molecule has 4 heteroatoms. The second kappa shape index (κ2) is 6.92. The standard InChI is InChI=1S/C15H22N2O.ClH/c1-11-6-7-12(2)14(9-11)15(18)17-8-4-3-5-13(17)10-16;/h6-7,9,13H,3-5,8,10,16H2,1-2H3;1H. The summed E-state index contributed by atoms with van der Waals surface area (Å²) in [6.45, 7) is 5.42. The first kappa shape index (κ1) is 16.0. The van der Waals surface area contributed by atoms with Crippen LogP contribution in [-0.4, -0.2) is 29.9 Å². The van der Waals surface area contributed by atoms with E-state index >= 15 is 0 Å². The number of benzene rings is 1. The lowest BCUT2D eigenvalue weighted by Crippen LogP contribution is -2.47. The van der Waals surface area contributed by atoms with Crippen LogP contribution in [0.2, 0.25) is 0 Å². The van der Waals surface area contributed by atoms with Crippen molar-refractivity contribution in [3.8, 4) is 0 Å². The minimum absolute atomic E-state index is 0. The van der Waals surface area contributed by atoms with Crippen molar-refractivity contribution in [1.29, 1.82) is 0 Å². The lowest BCUT2D eigenvalue weighted by atomic mass is 9.98. The Kier molecular flexibility index (Phi) is 5.83. The molecule has 0 radical (unpaired) electrons. The van der Waals surface area contributed by atoms with E-state index < -0.39 is 0 Å². The van der Waals surface area contributed by atoms with Gasteiger partial charge < -0.3 is 10.6 Å². The lowest BCUT2D eigenvalue weighted by molar-refractivity contribution is 0.0622. The maximum Gasteiger partial charge on any atom is 0.254 e. The van der Waals surface area contributed by atoms with E-state index in [1.54, 1.807) is 0 Å². The highest BCUT2D eigenvalue weighted by Gasteiger charge is 2.27. The van der Waals surface area contributed by atoms with Gasteiger partial charge in [0.25, 0.3) is 5.91 Å². The zero-order valence-corrected chi connectivity index (χ0v) is 12.5. The van der Waals surface area contributed by atoms with Gasteiger partial charge in [-0.3, -0.25) is 4.79 Å². The van der Waals surface area contributed by atoms with Gasteiger partial charge in [-0.25, -0.2) is 0 Å². The topological polar surface area (TPSA) is 46.3 Å². The summed E-state index contributed by atoms with van der Waals surface area (Å²) >= 11 is 0. The molecule has 2 rings (SSSR count). The fraction of sp³-hybridized carbons (Fsp3) is 0.533. The summed E-state index contributed by atoms with van der Waals surface area (Å²) in [5, 5.41) is 0. The molecule has 1 fully saturated rings. The van der Waals surface area contributed by atoms with Crippen LogP contribution in [0.1, 0.15) is 40.7 Å². The van der Waals surface area contributed by atoms with Gasteiger partial charge in [0.05, 0.1) is 0 Å². The third kappa shape index (κ3) is 3.48. The molecule has 0 saturated carbocycles. The largest absolute Gasteiger partial charge is 0.334 e. The third-order valence-electron chi connectivity index (χ3n) is 3.78. The molecule has 0 aliphatic carbocycles. The van der Waals surface area contributed by atoms with Crippen molar-refractivity contribution in [2.75, 3.05) is 13.1 Å². The Morgan fingerprint density at radius 3 is 2.79 bits per heavy atom. The molecule has 0 bridgehead atoms. The normalized spacial score (nSPS) is 18.9. The zero-order chi connectivity index (χ0) is 13.1. The van der Waals surface area contributed by atoms with Crippen molar-refractivity contribution in [3.05, 3.63) is 34.9 Å². The first-order valence-electron chi connectivity index (χ1n) is 6.71. The molecule has 19 heavy (non-hydrogen) atoms. The summed E-state index contributed by atoms with van der Waals surface area (Å²) in [5.41, 5.74) is 8.79.